The second-order valence-corrected chi connectivity index (χ2v) is 11.0. The summed E-state index contributed by atoms with van der Waals surface area (Å²) >= 11 is 2.26. The molecule has 3 aliphatic heterocycles. The fraction of sp³-hybridized carbons (Fsp3) is 0.500. The Kier molecular flexibility index (Phi) is 5.82. The van der Waals surface area contributed by atoms with Gasteiger partial charge in [-0.1, -0.05) is 29.5 Å². The number of rotatable bonds is 3. The molecule has 34 heavy (non-hydrogen) atoms. The summed E-state index contributed by atoms with van der Waals surface area (Å²) in [5.74, 6) is -0.0379. The van der Waals surface area contributed by atoms with Gasteiger partial charge in [-0.25, -0.2) is 4.99 Å². The van der Waals surface area contributed by atoms with E-state index in [4.69, 9.17) is 9.41 Å². The average molecular weight is 569 g/mol. The smallest absolute Gasteiger partial charge is 0.247 e. The predicted molar refractivity (Wildman–Crippen MR) is 148 cm³/mol. The summed E-state index contributed by atoms with van der Waals surface area (Å²) in [6.07, 6.45) is 7.99. The number of halogens is 1. The van der Waals surface area contributed by atoms with Gasteiger partial charge in [0.15, 0.2) is 0 Å². The molecule has 0 fully saturated rings. The van der Waals surface area contributed by atoms with Crippen LogP contribution in [0.2, 0.25) is 0 Å². The molecule has 0 bridgehead atoms. The number of aryl methyl sites for hydroxylation is 4. The molecule has 0 atom stereocenters. The molecule has 0 aliphatic carbocycles. The first-order valence-electron chi connectivity index (χ1n) is 12.8. The predicted octanol–water partition coefficient (Wildman–Crippen LogP) is 5.48. The number of nitrogens with zero attached hydrogens (tertiary/aromatic N) is 3. The second kappa shape index (κ2) is 8.85. The topological polar surface area (TPSA) is 49.1 Å². The van der Waals surface area contributed by atoms with Gasteiger partial charge in [-0.15, -0.1) is 0 Å². The number of alkyl halides is 1. The third kappa shape index (κ3) is 3.47. The number of carbonyl (C=O) groups is 1. The number of amides is 1. The third-order valence-corrected chi connectivity index (χ3v) is 8.38. The van der Waals surface area contributed by atoms with Crippen LogP contribution in [-0.2, 0) is 30.5 Å². The van der Waals surface area contributed by atoms with Crippen molar-refractivity contribution in [3.8, 4) is 0 Å². The highest BCUT2D eigenvalue weighted by molar-refractivity contribution is 14.1. The highest BCUT2D eigenvalue weighted by atomic mass is 127. The lowest BCUT2D eigenvalue weighted by atomic mass is 9.88. The summed E-state index contributed by atoms with van der Waals surface area (Å²) in [5, 5.41) is 2.87. The van der Waals surface area contributed by atoms with Crippen LogP contribution in [0.4, 0.5) is 11.4 Å². The van der Waals surface area contributed by atoms with Crippen molar-refractivity contribution >= 4 is 61.8 Å². The number of hydrogen-bond donors (Lipinski definition) is 0. The van der Waals surface area contributed by atoms with E-state index in [1.807, 2.05) is 0 Å². The molecular weight excluding hydrogens is 537 g/mol. The first-order valence-corrected chi connectivity index (χ1v) is 14.3. The highest BCUT2D eigenvalue weighted by Crippen LogP contribution is 2.42. The van der Waals surface area contributed by atoms with E-state index in [0.29, 0.717) is 6.42 Å². The van der Waals surface area contributed by atoms with E-state index in [0.717, 1.165) is 89.9 Å². The van der Waals surface area contributed by atoms with E-state index < -0.39 is 0 Å². The van der Waals surface area contributed by atoms with Crippen LogP contribution in [0, 0.1) is 0 Å². The molecule has 5 nitrogen and oxygen atoms in total. The minimum absolute atomic E-state index is 0.0379. The van der Waals surface area contributed by atoms with Gasteiger partial charge in [0.05, 0.1) is 5.36 Å². The van der Waals surface area contributed by atoms with Crippen LogP contribution in [0.3, 0.4) is 0 Å². The van der Waals surface area contributed by atoms with E-state index in [2.05, 4.69) is 58.5 Å². The average Bonchev–Trinajstić information content (AvgIpc) is 2.84. The molecule has 6 heteroatoms. The largest absolute Gasteiger partial charge is 0.455 e. The minimum Gasteiger partial charge on any atom is -0.455 e. The Morgan fingerprint density at radius 3 is 2.41 bits per heavy atom. The van der Waals surface area contributed by atoms with Crippen LogP contribution in [0.25, 0.3) is 21.9 Å². The molecule has 1 aromatic heterocycles. The third-order valence-electron chi connectivity index (χ3n) is 7.84. The van der Waals surface area contributed by atoms with Gasteiger partial charge >= 0.3 is 0 Å². The molecule has 3 aliphatic rings. The number of hydrogen-bond acceptors (Lipinski definition) is 4. The zero-order valence-electron chi connectivity index (χ0n) is 20.2. The Hall–Kier alpha value is -2.09. The molecule has 3 aromatic rings. The number of anilines is 2. The van der Waals surface area contributed by atoms with Gasteiger partial charge in [0.25, 0.3) is 0 Å². The zero-order chi connectivity index (χ0) is 23.4. The number of benzene rings is 2. The van der Waals surface area contributed by atoms with Crippen molar-refractivity contribution in [1.82, 2.24) is 0 Å². The van der Waals surface area contributed by atoms with Gasteiger partial charge < -0.3 is 14.2 Å². The fourth-order valence-corrected chi connectivity index (χ4v) is 6.86. The van der Waals surface area contributed by atoms with Crippen LogP contribution in [0.1, 0.15) is 54.9 Å². The Labute approximate surface area is 214 Å². The lowest BCUT2D eigenvalue weighted by molar-refractivity contribution is -0.117. The first kappa shape index (κ1) is 22.4. The molecule has 0 spiro atoms. The van der Waals surface area contributed by atoms with Gasteiger partial charge in [0.2, 0.25) is 5.91 Å². The van der Waals surface area contributed by atoms with Gasteiger partial charge in [0, 0.05) is 70.8 Å². The lowest BCUT2D eigenvalue weighted by Gasteiger charge is -2.37. The summed E-state index contributed by atoms with van der Waals surface area (Å²) in [5.41, 5.74) is 9.96. The summed E-state index contributed by atoms with van der Waals surface area (Å²) in [7, 11) is 2.19. The SMILES string of the molecule is CCc1cc2c(=NC(=O)CCI)c3cc4c5c(c3oc2c2c1N(C)CCC2)CCCN5CCC4. The van der Waals surface area contributed by atoms with Crippen LogP contribution >= 0.6 is 22.6 Å². The molecule has 6 rings (SSSR count). The number of carbonyl (C=O) groups excluding carboxylic acids is 1. The van der Waals surface area contributed by atoms with Crippen LogP contribution in [0.5, 0.6) is 0 Å². The molecule has 0 saturated carbocycles. The molecule has 178 valence electrons. The lowest BCUT2D eigenvalue weighted by Crippen LogP contribution is -2.34. The van der Waals surface area contributed by atoms with Crippen LogP contribution < -0.4 is 15.2 Å². The highest BCUT2D eigenvalue weighted by Gasteiger charge is 2.29. The van der Waals surface area contributed by atoms with E-state index in [1.54, 1.807) is 0 Å². The maximum Gasteiger partial charge on any atom is 0.247 e. The molecule has 0 unspecified atom stereocenters. The van der Waals surface area contributed by atoms with Gasteiger partial charge in [-0.05, 0) is 68.2 Å². The molecule has 0 saturated heterocycles. The van der Waals surface area contributed by atoms with Gasteiger partial charge in [0.1, 0.15) is 11.2 Å². The quantitative estimate of drug-likeness (QED) is 0.238. The van der Waals surface area contributed by atoms with Crippen molar-refractivity contribution in [3.05, 3.63) is 39.7 Å². The molecule has 2 aromatic carbocycles. The minimum atomic E-state index is -0.0379. The van der Waals surface area contributed by atoms with Crippen LogP contribution in [0.15, 0.2) is 21.5 Å². The zero-order valence-corrected chi connectivity index (χ0v) is 22.3. The maximum atomic E-state index is 12.9. The maximum absolute atomic E-state index is 12.9. The van der Waals surface area contributed by atoms with Gasteiger partial charge in [-0.2, -0.15) is 0 Å². The van der Waals surface area contributed by atoms with Crippen molar-refractivity contribution in [2.45, 2.75) is 58.3 Å². The molecule has 4 heterocycles. The van der Waals surface area contributed by atoms with Crippen molar-refractivity contribution in [1.29, 1.82) is 0 Å². The van der Waals surface area contributed by atoms with Gasteiger partial charge in [-0.3, -0.25) is 4.79 Å². The Morgan fingerprint density at radius 1 is 1.00 bits per heavy atom. The Bertz CT molecular complexity index is 1330. The Morgan fingerprint density at radius 2 is 1.68 bits per heavy atom. The van der Waals surface area contributed by atoms with Crippen molar-refractivity contribution in [2.24, 2.45) is 4.99 Å². The number of fused-ring (bicyclic) bond motifs is 5. The summed E-state index contributed by atoms with van der Waals surface area (Å²) in [4.78, 5) is 22.6. The monoisotopic (exact) mass is 569 g/mol. The Balaban J connectivity index is 1.79. The van der Waals surface area contributed by atoms with E-state index in [-0.39, 0.29) is 5.91 Å². The normalized spacial score (nSPS) is 17.9. The van der Waals surface area contributed by atoms with Crippen molar-refractivity contribution < 1.29 is 9.21 Å². The van der Waals surface area contributed by atoms with E-state index in [9.17, 15) is 4.79 Å². The van der Waals surface area contributed by atoms with Crippen molar-refractivity contribution in [2.75, 3.05) is 40.9 Å². The molecule has 1 amide bonds. The first-order chi connectivity index (χ1) is 16.6. The molecular formula is C28H32IN3O2. The molecule has 0 radical (unpaired) electrons. The van der Waals surface area contributed by atoms with Crippen LogP contribution in [-0.4, -0.2) is 37.0 Å². The summed E-state index contributed by atoms with van der Waals surface area (Å²) < 4.78 is 7.70. The second-order valence-electron chi connectivity index (χ2n) is 9.95. The summed E-state index contributed by atoms with van der Waals surface area (Å²) in [6, 6.07) is 4.55. The van der Waals surface area contributed by atoms with Crippen molar-refractivity contribution in [3.63, 3.8) is 0 Å². The summed E-state index contributed by atoms with van der Waals surface area (Å²) in [6.45, 7) is 5.54. The van der Waals surface area contributed by atoms with E-state index in [1.165, 1.54) is 40.0 Å². The fourth-order valence-electron chi connectivity index (χ4n) is 6.40. The standard InChI is InChI=1S/C28H32IN3O2/c1-3-17-15-21-24(30-23(33)10-11-29)22-16-18-7-4-13-32-14-6-9-20(26(18)32)28(22)34-27(21)19-8-5-12-31(2)25(17)19/h15-16H,3-14H2,1-2H3. The van der Waals surface area contributed by atoms with E-state index >= 15 is 0 Å². The molecule has 0 N–H and O–H groups in total.